The lowest BCUT2D eigenvalue weighted by molar-refractivity contribution is -0.139. The summed E-state index contributed by atoms with van der Waals surface area (Å²) in [5.74, 6) is -4.06. The maximum atomic E-state index is 15.8. The van der Waals surface area contributed by atoms with E-state index in [1.54, 1.807) is 33.8 Å². The second-order valence-corrected chi connectivity index (χ2v) is 13.4. The number of nitrogens with zero attached hydrogens (tertiary/aromatic N) is 2. The summed E-state index contributed by atoms with van der Waals surface area (Å²) >= 11 is 0. The standard InChI is InChI=1S/C36H42F5N3O4/c1-19(2)11-30(44-18-27(23-7-9-43(6)10-8-23)28(16-31(44)45)36(39,40)41)35(48)42-29(17-32(46)47)26-15-24(12-22(5)34(26)38)33-20(3)13-25(37)14-21(33)4/h12-16,18-19,23,29-30H,7-11,17H2,1-6H3,(H,42,48)(H,46,47)/t29-,30-/m1/s1. The van der Waals surface area contributed by atoms with Gasteiger partial charge in [-0.15, -0.1) is 0 Å². The van der Waals surface area contributed by atoms with E-state index >= 15 is 4.39 Å². The molecule has 7 nitrogen and oxygen atoms in total. The fourth-order valence-electron chi connectivity index (χ4n) is 6.73. The molecule has 2 atom stereocenters. The maximum Gasteiger partial charge on any atom is 0.416 e. The van der Waals surface area contributed by atoms with E-state index in [1.807, 2.05) is 11.9 Å². The average Bonchev–Trinajstić information content (AvgIpc) is 2.96. The minimum atomic E-state index is -4.79. The minimum absolute atomic E-state index is 0.0409. The fourth-order valence-corrected chi connectivity index (χ4v) is 6.73. The molecule has 260 valence electrons. The molecule has 1 aromatic heterocycles. The van der Waals surface area contributed by atoms with Gasteiger partial charge in [0.15, 0.2) is 0 Å². The van der Waals surface area contributed by atoms with Crippen LogP contribution in [0.3, 0.4) is 0 Å². The number of amides is 1. The van der Waals surface area contributed by atoms with Crippen molar-refractivity contribution >= 4 is 11.9 Å². The number of benzene rings is 2. The Kier molecular flexibility index (Phi) is 11.2. The molecule has 1 amide bonds. The smallest absolute Gasteiger partial charge is 0.416 e. The molecule has 48 heavy (non-hydrogen) atoms. The van der Waals surface area contributed by atoms with Crippen molar-refractivity contribution in [2.45, 2.75) is 84.5 Å². The predicted octanol–water partition coefficient (Wildman–Crippen LogP) is 7.47. The molecule has 0 saturated carbocycles. The SMILES string of the molecule is Cc1cc(-c2c(C)cc(F)cc2C)cc([C@@H](CC(=O)O)NC(=O)[C@@H](CC(C)C)n2cc(C3CCN(C)CC3)c(C(F)(F)F)cc2=O)c1F. The Labute approximate surface area is 276 Å². The van der Waals surface area contributed by atoms with Crippen molar-refractivity contribution < 1.29 is 36.6 Å². The number of halogens is 5. The number of hydrogen-bond acceptors (Lipinski definition) is 4. The summed E-state index contributed by atoms with van der Waals surface area (Å²) in [6.07, 6.45) is -3.47. The molecule has 0 bridgehead atoms. The zero-order valence-corrected chi connectivity index (χ0v) is 28.0. The third-order valence-electron chi connectivity index (χ3n) is 9.05. The Hall–Kier alpha value is -4.06. The Bertz CT molecular complexity index is 1720. The van der Waals surface area contributed by atoms with Gasteiger partial charge in [0.2, 0.25) is 5.91 Å². The van der Waals surface area contributed by atoms with Gasteiger partial charge in [-0.25, -0.2) is 8.78 Å². The van der Waals surface area contributed by atoms with Gasteiger partial charge in [0, 0.05) is 17.8 Å². The van der Waals surface area contributed by atoms with Crippen LogP contribution in [0.4, 0.5) is 22.0 Å². The lowest BCUT2D eigenvalue weighted by Gasteiger charge is -2.32. The van der Waals surface area contributed by atoms with E-state index in [4.69, 9.17) is 0 Å². The number of aryl methyl sites for hydroxylation is 3. The van der Waals surface area contributed by atoms with E-state index < -0.39 is 65.2 Å². The second-order valence-electron chi connectivity index (χ2n) is 13.4. The van der Waals surface area contributed by atoms with Crippen LogP contribution in [0.2, 0.25) is 0 Å². The van der Waals surface area contributed by atoms with Crippen LogP contribution < -0.4 is 10.9 Å². The monoisotopic (exact) mass is 675 g/mol. The first-order valence-corrected chi connectivity index (χ1v) is 16.0. The van der Waals surface area contributed by atoms with Crippen LogP contribution in [0.15, 0.2) is 41.3 Å². The summed E-state index contributed by atoms with van der Waals surface area (Å²) < 4.78 is 73.4. The first kappa shape index (κ1) is 36.8. The molecular formula is C36H42F5N3O4. The highest BCUT2D eigenvalue weighted by atomic mass is 19.4. The molecular weight excluding hydrogens is 633 g/mol. The topological polar surface area (TPSA) is 91.6 Å². The van der Waals surface area contributed by atoms with Crippen molar-refractivity contribution in [3.05, 3.63) is 91.9 Å². The highest BCUT2D eigenvalue weighted by Gasteiger charge is 2.38. The Morgan fingerprint density at radius 2 is 1.58 bits per heavy atom. The Morgan fingerprint density at radius 3 is 2.12 bits per heavy atom. The van der Waals surface area contributed by atoms with E-state index in [9.17, 15) is 37.1 Å². The van der Waals surface area contributed by atoms with Crippen molar-refractivity contribution in [2.24, 2.45) is 5.92 Å². The van der Waals surface area contributed by atoms with E-state index in [1.165, 1.54) is 25.1 Å². The van der Waals surface area contributed by atoms with Gasteiger partial charge in [-0.2, -0.15) is 13.2 Å². The maximum absolute atomic E-state index is 15.8. The summed E-state index contributed by atoms with van der Waals surface area (Å²) in [5.41, 5.74) is 0.158. The number of aromatic nitrogens is 1. The van der Waals surface area contributed by atoms with Gasteiger partial charge in [-0.3, -0.25) is 14.4 Å². The molecule has 0 spiro atoms. The largest absolute Gasteiger partial charge is 0.481 e. The molecule has 0 aliphatic carbocycles. The van der Waals surface area contributed by atoms with Crippen molar-refractivity contribution in [3.8, 4) is 11.1 Å². The number of piperidine rings is 1. The van der Waals surface area contributed by atoms with Crippen molar-refractivity contribution in [1.82, 2.24) is 14.8 Å². The van der Waals surface area contributed by atoms with Gasteiger partial charge in [0.05, 0.1) is 18.0 Å². The molecule has 0 unspecified atom stereocenters. The number of aliphatic carboxylic acids is 1. The lowest BCUT2D eigenvalue weighted by Crippen LogP contribution is -2.41. The van der Waals surface area contributed by atoms with Gasteiger partial charge in [0.1, 0.15) is 17.7 Å². The number of carboxylic acids is 1. The second kappa shape index (κ2) is 14.6. The molecule has 2 N–H and O–H groups in total. The first-order valence-electron chi connectivity index (χ1n) is 16.0. The molecule has 1 aliphatic heterocycles. The summed E-state index contributed by atoms with van der Waals surface area (Å²) in [6, 6.07) is 3.45. The molecule has 2 heterocycles. The summed E-state index contributed by atoms with van der Waals surface area (Å²) in [6.45, 7) is 9.56. The van der Waals surface area contributed by atoms with Gasteiger partial charge >= 0.3 is 12.1 Å². The molecule has 2 aromatic carbocycles. The van der Waals surface area contributed by atoms with Gasteiger partial charge in [0.25, 0.3) is 5.56 Å². The third kappa shape index (κ3) is 8.32. The number of carboxylic acid groups (broad SMARTS) is 1. The number of carbonyl (C=O) groups is 2. The normalized spacial score (nSPS) is 15.8. The number of hydrogen-bond donors (Lipinski definition) is 2. The Balaban J connectivity index is 1.81. The molecule has 1 fully saturated rings. The van der Waals surface area contributed by atoms with Crippen LogP contribution in [-0.4, -0.2) is 46.6 Å². The lowest BCUT2D eigenvalue weighted by atomic mass is 9.87. The first-order chi connectivity index (χ1) is 22.4. The summed E-state index contributed by atoms with van der Waals surface area (Å²) in [7, 11) is 1.88. The molecule has 12 heteroatoms. The number of likely N-dealkylation sites (tertiary alicyclic amines) is 1. The van der Waals surface area contributed by atoms with E-state index in [0.29, 0.717) is 54.3 Å². The minimum Gasteiger partial charge on any atom is -0.481 e. The zero-order valence-electron chi connectivity index (χ0n) is 28.0. The van der Waals surface area contributed by atoms with E-state index in [2.05, 4.69) is 5.32 Å². The number of nitrogens with one attached hydrogen (secondary N) is 1. The highest BCUT2D eigenvalue weighted by molar-refractivity contribution is 5.82. The molecule has 0 radical (unpaired) electrons. The predicted molar refractivity (Wildman–Crippen MR) is 173 cm³/mol. The van der Waals surface area contributed by atoms with E-state index in [-0.39, 0.29) is 29.0 Å². The molecule has 4 rings (SSSR count). The number of rotatable bonds is 10. The summed E-state index contributed by atoms with van der Waals surface area (Å²) in [4.78, 5) is 41.4. The Morgan fingerprint density at radius 1 is 0.979 bits per heavy atom. The van der Waals surface area contributed by atoms with Crippen LogP contribution in [0.5, 0.6) is 0 Å². The van der Waals surface area contributed by atoms with Crippen molar-refractivity contribution in [3.63, 3.8) is 0 Å². The van der Waals surface area contributed by atoms with Crippen LogP contribution in [0.1, 0.15) is 90.9 Å². The number of carbonyl (C=O) groups excluding carboxylic acids is 1. The average molecular weight is 676 g/mol. The fraction of sp³-hybridized carbons (Fsp3) is 0.472. The van der Waals surface area contributed by atoms with Gasteiger partial charge in [-0.05, 0) is 130 Å². The third-order valence-corrected chi connectivity index (χ3v) is 9.05. The van der Waals surface area contributed by atoms with Crippen LogP contribution in [-0.2, 0) is 15.8 Å². The van der Waals surface area contributed by atoms with Crippen molar-refractivity contribution in [2.75, 3.05) is 20.1 Å². The highest BCUT2D eigenvalue weighted by Crippen LogP contribution is 2.39. The number of pyridine rings is 1. The van der Waals surface area contributed by atoms with Gasteiger partial charge < -0.3 is 19.9 Å². The quantitative estimate of drug-likeness (QED) is 0.218. The molecule has 1 saturated heterocycles. The van der Waals surface area contributed by atoms with E-state index in [0.717, 1.165) is 10.8 Å². The molecule has 1 aliphatic rings. The van der Waals surface area contributed by atoms with Crippen molar-refractivity contribution in [1.29, 1.82) is 0 Å². The van der Waals surface area contributed by atoms with Crippen LogP contribution in [0.25, 0.3) is 11.1 Å². The zero-order chi connectivity index (χ0) is 35.7. The molecule has 3 aromatic rings. The number of alkyl halides is 3. The van der Waals surface area contributed by atoms with Crippen LogP contribution >= 0.6 is 0 Å². The summed E-state index contributed by atoms with van der Waals surface area (Å²) in [5, 5.41) is 12.4. The van der Waals surface area contributed by atoms with Gasteiger partial charge in [-0.1, -0.05) is 13.8 Å². The van der Waals surface area contributed by atoms with Crippen LogP contribution in [0, 0.1) is 38.3 Å².